The number of aromatic amines is 2. The number of hydrogen-bond acceptors (Lipinski definition) is 6. The molecule has 2 aromatic heterocycles. The van der Waals surface area contributed by atoms with Crippen LogP contribution in [0.2, 0.25) is 0 Å². The third kappa shape index (κ3) is 5.55. The number of nitrogens with two attached hydrogens (primary N) is 1. The van der Waals surface area contributed by atoms with Crippen molar-refractivity contribution in [3.63, 3.8) is 0 Å². The molecule has 0 aromatic carbocycles. The molecule has 0 bridgehead atoms. The van der Waals surface area contributed by atoms with E-state index in [0.717, 1.165) is 38.8 Å². The molecule has 1 amide bonds. The summed E-state index contributed by atoms with van der Waals surface area (Å²) in [4.78, 5) is 59.3. The number of ketones is 1. The van der Waals surface area contributed by atoms with E-state index in [0.29, 0.717) is 24.3 Å². The zero-order valence-electron chi connectivity index (χ0n) is 19.6. The van der Waals surface area contributed by atoms with Gasteiger partial charge in [-0.3, -0.25) is 23.9 Å². The molecule has 0 spiro atoms. The molecule has 3 heterocycles. The minimum Gasteiger partial charge on any atom is -0.383 e. The first-order valence-corrected chi connectivity index (χ1v) is 11.6. The number of Topliss-reactive ketones (excluding diaryl/α,β-unsaturated/α-hetero) is 1. The van der Waals surface area contributed by atoms with E-state index in [-0.39, 0.29) is 35.7 Å². The number of carbonyl (C=O) groups is 2. The van der Waals surface area contributed by atoms with Gasteiger partial charge in [0.1, 0.15) is 17.2 Å². The highest BCUT2D eigenvalue weighted by atomic mass is 16.2. The Morgan fingerprint density at radius 3 is 2.55 bits per heavy atom. The molecular weight excluding hydrogens is 424 g/mol. The maximum Gasteiger partial charge on any atom is 0.330 e. The minimum atomic E-state index is -0.611. The third-order valence-corrected chi connectivity index (χ3v) is 5.82. The van der Waals surface area contributed by atoms with Gasteiger partial charge in [-0.15, -0.1) is 0 Å². The summed E-state index contributed by atoms with van der Waals surface area (Å²) in [5.41, 5.74) is 5.96. The van der Waals surface area contributed by atoms with Crippen LogP contribution in [0.4, 0.5) is 11.5 Å². The number of likely N-dealkylation sites (tertiary alicyclic amines) is 1. The molecule has 10 heteroatoms. The van der Waals surface area contributed by atoms with Gasteiger partial charge in [0.25, 0.3) is 11.5 Å². The van der Waals surface area contributed by atoms with Crippen molar-refractivity contribution < 1.29 is 9.59 Å². The van der Waals surface area contributed by atoms with Crippen LogP contribution in [0, 0.1) is 5.92 Å². The lowest BCUT2D eigenvalue weighted by Gasteiger charge is -2.25. The molecule has 180 valence electrons. The predicted octanol–water partition coefficient (Wildman–Crippen LogP) is 1.83. The number of unbranched alkanes of at least 4 members (excludes halogenated alkanes) is 1. The second-order valence-electron chi connectivity index (χ2n) is 9.00. The van der Waals surface area contributed by atoms with Crippen molar-refractivity contribution in [2.24, 2.45) is 5.92 Å². The topological polar surface area (TPSA) is 137 Å². The van der Waals surface area contributed by atoms with Gasteiger partial charge >= 0.3 is 5.69 Å². The number of hydrogen-bond donors (Lipinski definition) is 3. The minimum absolute atomic E-state index is 0.0559. The van der Waals surface area contributed by atoms with Crippen LogP contribution in [0.3, 0.4) is 0 Å². The molecule has 33 heavy (non-hydrogen) atoms. The van der Waals surface area contributed by atoms with Gasteiger partial charge in [-0.25, -0.2) is 4.79 Å². The quantitative estimate of drug-likeness (QED) is 0.465. The lowest BCUT2D eigenvalue weighted by molar-refractivity contribution is 0.0787. The Hall–Kier alpha value is -3.30. The monoisotopic (exact) mass is 458 g/mol. The number of amides is 1. The highest BCUT2D eigenvalue weighted by Crippen LogP contribution is 2.20. The van der Waals surface area contributed by atoms with E-state index in [1.165, 1.54) is 10.8 Å². The largest absolute Gasteiger partial charge is 0.383 e. The van der Waals surface area contributed by atoms with Gasteiger partial charge in [0.15, 0.2) is 5.78 Å². The van der Waals surface area contributed by atoms with Gasteiger partial charge in [0.05, 0.1) is 6.54 Å². The van der Waals surface area contributed by atoms with E-state index in [9.17, 15) is 19.2 Å². The number of nitrogen functional groups attached to an aromatic ring is 1. The van der Waals surface area contributed by atoms with Crippen molar-refractivity contribution in [3.8, 4) is 0 Å². The fourth-order valence-corrected chi connectivity index (χ4v) is 4.08. The molecule has 3 rings (SSSR count). The first-order chi connectivity index (χ1) is 15.7. The molecular formula is C23H34N6O4. The molecule has 1 aliphatic rings. The fraction of sp³-hybridized carbons (Fsp3) is 0.565. The SMILES string of the molecule is CCCCN(CC(=O)c1c[nH]c(C(=O)N2CCCC2)c1)c1c(N)n(CC(C)C)c(=O)[nH]c1=O. The van der Waals surface area contributed by atoms with E-state index in [4.69, 9.17) is 5.73 Å². The van der Waals surface area contributed by atoms with Crippen molar-refractivity contribution in [2.45, 2.75) is 53.0 Å². The van der Waals surface area contributed by atoms with Crippen LogP contribution in [0.15, 0.2) is 21.9 Å². The number of H-pyrrole nitrogens is 2. The number of aromatic nitrogens is 3. The van der Waals surface area contributed by atoms with Crippen molar-refractivity contribution in [1.29, 1.82) is 0 Å². The third-order valence-electron chi connectivity index (χ3n) is 5.82. The summed E-state index contributed by atoms with van der Waals surface area (Å²) < 4.78 is 1.34. The average molecular weight is 459 g/mol. The van der Waals surface area contributed by atoms with Crippen molar-refractivity contribution in [1.82, 2.24) is 19.4 Å². The van der Waals surface area contributed by atoms with Crippen LogP contribution in [0.1, 0.15) is 67.3 Å². The lowest BCUT2D eigenvalue weighted by Crippen LogP contribution is -2.41. The predicted molar refractivity (Wildman–Crippen MR) is 128 cm³/mol. The van der Waals surface area contributed by atoms with Crippen LogP contribution in [-0.2, 0) is 6.54 Å². The Morgan fingerprint density at radius 1 is 1.21 bits per heavy atom. The molecule has 0 radical (unpaired) electrons. The summed E-state index contributed by atoms with van der Waals surface area (Å²) in [6.45, 7) is 8.03. The van der Waals surface area contributed by atoms with Crippen molar-refractivity contribution in [3.05, 3.63) is 44.4 Å². The van der Waals surface area contributed by atoms with E-state index in [1.807, 2.05) is 20.8 Å². The van der Waals surface area contributed by atoms with Crippen molar-refractivity contribution >= 4 is 23.2 Å². The van der Waals surface area contributed by atoms with Gasteiger partial charge in [0, 0.05) is 37.9 Å². The fourth-order valence-electron chi connectivity index (χ4n) is 4.08. The smallest absolute Gasteiger partial charge is 0.330 e. The average Bonchev–Trinajstić information content (AvgIpc) is 3.46. The molecule has 1 aliphatic heterocycles. The molecule has 0 unspecified atom stereocenters. The molecule has 1 fully saturated rings. The van der Waals surface area contributed by atoms with Crippen LogP contribution >= 0.6 is 0 Å². The highest BCUT2D eigenvalue weighted by Gasteiger charge is 2.24. The summed E-state index contributed by atoms with van der Waals surface area (Å²) in [5, 5.41) is 0. The second kappa shape index (κ2) is 10.5. The maximum absolute atomic E-state index is 13.1. The Morgan fingerprint density at radius 2 is 1.91 bits per heavy atom. The number of carbonyl (C=O) groups excluding carboxylic acids is 2. The van der Waals surface area contributed by atoms with Crippen LogP contribution in [0.25, 0.3) is 0 Å². The summed E-state index contributed by atoms with van der Waals surface area (Å²) in [6.07, 6.45) is 5.09. The van der Waals surface area contributed by atoms with Crippen LogP contribution in [0.5, 0.6) is 0 Å². The second-order valence-corrected chi connectivity index (χ2v) is 9.00. The van der Waals surface area contributed by atoms with Gasteiger partial charge in [-0.1, -0.05) is 27.2 Å². The summed E-state index contributed by atoms with van der Waals surface area (Å²) in [7, 11) is 0. The van der Waals surface area contributed by atoms with Crippen LogP contribution in [-0.4, -0.2) is 57.3 Å². The number of nitrogens with zero attached hydrogens (tertiary/aromatic N) is 3. The highest BCUT2D eigenvalue weighted by molar-refractivity contribution is 6.02. The van der Waals surface area contributed by atoms with Gasteiger partial charge in [0.2, 0.25) is 0 Å². The van der Waals surface area contributed by atoms with E-state index in [1.54, 1.807) is 15.9 Å². The Kier molecular flexibility index (Phi) is 7.78. The zero-order valence-corrected chi connectivity index (χ0v) is 19.6. The number of anilines is 2. The summed E-state index contributed by atoms with van der Waals surface area (Å²) in [5.74, 6) is -0.166. The Labute approximate surface area is 192 Å². The number of rotatable bonds is 10. The van der Waals surface area contributed by atoms with E-state index in [2.05, 4.69) is 9.97 Å². The van der Waals surface area contributed by atoms with Gasteiger partial charge in [-0.05, 0) is 31.2 Å². The first-order valence-electron chi connectivity index (χ1n) is 11.6. The lowest BCUT2D eigenvalue weighted by atomic mass is 10.1. The summed E-state index contributed by atoms with van der Waals surface area (Å²) >= 11 is 0. The molecule has 1 saturated heterocycles. The molecule has 4 N–H and O–H groups in total. The molecule has 0 atom stereocenters. The standard InChI is InChI=1S/C23H34N6O4/c1-4-5-8-28(19-20(24)29(13-15(2)3)23(33)26-21(19)31)14-18(30)16-11-17(25-12-16)22(32)27-9-6-7-10-27/h11-12,15,25H,4-10,13-14,24H2,1-3H3,(H,26,31,33). The summed E-state index contributed by atoms with van der Waals surface area (Å²) in [6, 6.07) is 1.56. The Bertz CT molecular complexity index is 1110. The maximum atomic E-state index is 13.1. The number of nitrogens with one attached hydrogen (secondary N) is 2. The molecule has 0 aliphatic carbocycles. The Balaban J connectivity index is 1.87. The normalized spacial score (nSPS) is 13.6. The molecule has 0 saturated carbocycles. The zero-order chi connectivity index (χ0) is 24.1. The van der Waals surface area contributed by atoms with E-state index >= 15 is 0 Å². The van der Waals surface area contributed by atoms with Gasteiger partial charge in [-0.2, -0.15) is 0 Å². The van der Waals surface area contributed by atoms with Crippen LogP contribution < -0.4 is 21.9 Å². The molecule has 10 nitrogen and oxygen atoms in total. The molecule has 2 aromatic rings. The van der Waals surface area contributed by atoms with Crippen molar-refractivity contribution in [2.75, 3.05) is 36.8 Å². The first kappa shape index (κ1) is 24.3. The van der Waals surface area contributed by atoms with Gasteiger partial charge < -0.3 is 20.5 Å². The van der Waals surface area contributed by atoms with E-state index < -0.39 is 11.2 Å².